The molecule has 7 heteroatoms. The molecule has 0 radical (unpaired) electrons. The van der Waals surface area contributed by atoms with Gasteiger partial charge in [0, 0.05) is 37.7 Å². The Morgan fingerprint density at radius 1 is 1.33 bits per heavy atom. The molecule has 1 aliphatic heterocycles. The van der Waals surface area contributed by atoms with E-state index >= 15 is 0 Å². The minimum absolute atomic E-state index is 0.182. The van der Waals surface area contributed by atoms with Crippen LogP contribution in [0, 0.1) is 0 Å². The summed E-state index contributed by atoms with van der Waals surface area (Å²) in [6.45, 7) is 3.77. The van der Waals surface area contributed by atoms with Crippen molar-refractivity contribution in [1.82, 2.24) is 9.88 Å². The van der Waals surface area contributed by atoms with E-state index in [1.54, 1.807) is 12.1 Å². The summed E-state index contributed by atoms with van der Waals surface area (Å²) in [6, 6.07) is 5.98. The van der Waals surface area contributed by atoms with Gasteiger partial charge in [0.25, 0.3) is 6.01 Å². The third-order valence-corrected chi connectivity index (χ3v) is 3.86. The Bertz CT molecular complexity index is 650. The molecule has 2 heterocycles. The van der Waals surface area contributed by atoms with Crippen LogP contribution in [0.1, 0.15) is 6.42 Å². The average Bonchev–Trinajstić information content (AvgIpc) is 2.88. The lowest BCUT2D eigenvalue weighted by atomic mass is 10.3. The Morgan fingerprint density at radius 3 is 2.81 bits per heavy atom. The van der Waals surface area contributed by atoms with Crippen LogP contribution in [-0.4, -0.2) is 53.7 Å². The molecule has 0 aliphatic carbocycles. The van der Waals surface area contributed by atoms with E-state index in [1.165, 1.54) is 0 Å². The normalized spacial score (nSPS) is 16.5. The molecule has 0 spiro atoms. The number of rotatable bonds is 4. The number of hydrogen-bond donors (Lipinski definition) is 1. The predicted octanol–water partition coefficient (Wildman–Crippen LogP) is 2.08. The van der Waals surface area contributed by atoms with E-state index in [0.717, 1.165) is 37.3 Å². The number of carboxylic acids is 1. The molecule has 0 saturated carbocycles. The fourth-order valence-corrected chi connectivity index (χ4v) is 2.61. The van der Waals surface area contributed by atoms with Crippen molar-refractivity contribution < 1.29 is 14.3 Å². The highest BCUT2D eigenvalue weighted by atomic mass is 35.5. The zero-order valence-electron chi connectivity index (χ0n) is 11.5. The quantitative estimate of drug-likeness (QED) is 0.932. The average molecular weight is 310 g/mol. The Kier molecular flexibility index (Phi) is 3.98. The van der Waals surface area contributed by atoms with E-state index < -0.39 is 5.97 Å². The monoisotopic (exact) mass is 309 g/mol. The summed E-state index contributed by atoms with van der Waals surface area (Å²) >= 11 is 5.94. The van der Waals surface area contributed by atoms with Gasteiger partial charge in [-0.25, -0.2) is 0 Å². The van der Waals surface area contributed by atoms with E-state index in [-0.39, 0.29) is 6.42 Å². The summed E-state index contributed by atoms with van der Waals surface area (Å²) in [4.78, 5) is 19.3. The summed E-state index contributed by atoms with van der Waals surface area (Å²) in [5.41, 5.74) is 1.48. The van der Waals surface area contributed by atoms with Crippen molar-refractivity contribution >= 4 is 34.7 Å². The number of piperazine rings is 1. The molecule has 6 nitrogen and oxygen atoms in total. The Morgan fingerprint density at radius 2 is 2.10 bits per heavy atom. The van der Waals surface area contributed by atoms with Crippen molar-refractivity contribution in [3.8, 4) is 0 Å². The number of anilines is 1. The van der Waals surface area contributed by atoms with E-state index in [0.29, 0.717) is 17.6 Å². The lowest BCUT2D eigenvalue weighted by Gasteiger charge is -2.33. The minimum atomic E-state index is -0.756. The summed E-state index contributed by atoms with van der Waals surface area (Å²) < 4.78 is 5.74. The van der Waals surface area contributed by atoms with Gasteiger partial charge in [0.15, 0.2) is 5.58 Å². The molecule has 0 bridgehead atoms. The third-order valence-electron chi connectivity index (χ3n) is 3.62. The number of fused-ring (bicyclic) bond motifs is 1. The second kappa shape index (κ2) is 5.91. The minimum Gasteiger partial charge on any atom is -0.481 e. The number of aliphatic carboxylic acids is 1. The smallest absolute Gasteiger partial charge is 0.304 e. The molecule has 0 amide bonds. The van der Waals surface area contributed by atoms with Crippen LogP contribution in [0.2, 0.25) is 5.02 Å². The molecule has 1 saturated heterocycles. The van der Waals surface area contributed by atoms with Gasteiger partial charge in [-0.2, -0.15) is 4.98 Å². The summed E-state index contributed by atoms with van der Waals surface area (Å²) in [5.74, 6) is -0.756. The molecule has 1 fully saturated rings. The highest BCUT2D eigenvalue weighted by Crippen LogP contribution is 2.25. The van der Waals surface area contributed by atoms with E-state index in [2.05, 4.69) is 14.8 Å². The lowest BCUT2D eigenvalue weighted by Crippen LogP contribution is -2.47. The van der Waals surface area contributed by atoms with Gasteiger partial charge in [-0.1, -0.05) is 11.6 Å². The van der Waals surface area contributed by atoms with Crippen molar-refractivity contribution in [3.63, 3.8) is 0 Å². The first-order valence-electron chi connectivity index (χ1n) is 6.87. The first kappa shape index (κ1) is 14.2. The van der Waals surface area contributed by atoms with Gasteiger partial charge in [0.05, 0.1) is 6.42 Å². The number of carboxylic acid groups (broad SMARTS) is 1. The zero-order valence-corrected chi connectivity index (χ0v) is 12.2. The van der Waals surface area contributed by atoms with Crippen LogP contribution in [0.15, 0.2) is 22.6 Å². The third kappa shape index (κ3) is 3.28. The zero-order chi connectivity index (χ0) is 14.8. The topological polar surface area (TPSA) is 69.8 Å². The van der Waals surface area contributed by atoms with Crippen LogP contribution in [0.25, 0.3) is 11.1 Å². The van der Waals surface area contributed by atoms with Crippen molar-refractivity contribution in [2.45, 2.75) is 6.42 Å². The maximum atomic E-state index is 10.6. The van der Waals surface area contributed by atoms with Crippen LogP contribution in [0.5, 0.6) is 0 Å². The molecule has 2 aromatic rings. The first-order valence-corrected chi connectivity index (χ1v) is 7.25. The molecule has 21 heavy (non-hydrogen) atoms. The number of carbonyl (C=O) groups is 1. The largest absolute Gasteiger partial charge is 0.481 e. The van der Waals surface area contributed by atoms with Crippen molar-refractivity contribution in [2.75, 3.05) is 37.6 Å². The summed E-state index contributed by atoms with van der Waals surface area (Å²) in [7, 11) is 0. The summed E-state index contributed by atoms with van der Waals surface area (Å²) in [6.07, 6.45) is 0.182. The van der Waals surface area contributed by atoms with Gasteiger partial charge < -0.3 is 14.4 Å². The number of oxazole rings is 1. The highest BCUT2D eigenvalue weighted by molar-refractivity contribution is 6.31. The number of hydrogen-bond acceptors (Lipinski definition) is 5. The van der Waals surface area contributed by atoms with Crippen LogP contribution >= 0.6 is 11.6 Å². The van der Waals surface area contributed by atoms with Crippen molar-refractivity contribution in [3.05, 3.63) is 23.2 Å². The predicted molar refractivity (Wildman–Crippen MR) is 79.9 cm³/mol. The SMILES string of the molecule is O=C(O)CCN1CCN(c2nc3cc(Cl)ccc3o2)CC1. The van der Waals surface area contributed by atoms with Gasteiger partial charge in [-0.15, -0.1) is 0 Å². The molecule has 0 unspecified atom stereocenters. The number of benzene rings is 1. The van der Waals surface area contributed by atoms with Gasteiger partial charge in [-0.3, -0.25) is 9.69 Å². The molecular formula is C14H16ClN3O3. The fraction of sp³-hybridized carbons (Fsp3) is 0.429. The molecule has 1 aromatic carbocycles. The van der Waals surface area contributed by atoms with E-state index in [4.69, 9.17) is 21.1 Å². The highest BCUT2D eigenvalue weighted by Gasteiger charge is 2.21. The maximum absolute atomic E-state index is 10.6. The van der Waals surface area contributed by atoms with Gasteiger partial charge in [-0.05, 0) is 18.2 Å². The van der Waals surface area contributed by atoms with Crippen LogP contribution in [0.4, 0.5) is 6.01 Å². The second-order valence-corrected chi connectivity index (χ2v) is 5.52. The Hall–Kier alpha value is -1.79. The van der Waals surface area contributed by atoms with E-state index in [9.17, 15) is 4.79 Å². The molecule has 1 N–H and O–H groups in total. The standard InChI is InChI=1S/C14H16ClN3O3/c15-10-1-2-12-11(9-10)16-14(21-12)18-7-5-17(6-8-18)4-3-13(19)20/h1-2,9H,3-8H2,(H,19,20). The van der Waals surface area contributed by atoms with Crippen molar-refractivity contribution in [1.29, 1.82) is 0 Å². The Labute approximate surface area is 126 Å². The van der Waals surface area contributed by atoms with Gasteiger partial charge in [0.1, 0.15) is 5.52 Å². The van der Waals surface area contributed by atoms with Crippen LogP contribution < -0.4 is 4.90 Å². The molecule has 0 atom stereocenters. The number of halogens is 1. The molecule has 1 aromatic heterocycles. The van der Waals surface area contributed by atoms with Gasteiger partial charge >= 0.3 is 5.97 Å². The maximum Gasteiger partial charge on any atom is 0.304 e. The summed E-state index contributed by atoms with van der Waals surface area (Å²) in [5, 5.41) is 9.34. The lowest BCUT2D eigenvalue weighted by molar-refractivity contribution is -0.137. The van der Waals surface area contributed by atoms with Crippen LogP contribution in [-0.2, 0) is 4.79 Å². The molecular weight excluding hydrogens is 294 g/mol. The number of nitrogens with zero attached hydrogens (tertiary/aromatic N) is 3. The number of aromatic nitrogens is 1. The fourth-order valence-electron chi connectivity index (χ4n) is 2.44. The first-order chi connectivity index (χ1) is 10.1. The molecule has 3 rings (SSSR count). The van der Waals surface area contributed by atoms with Crippen molar-refractivity contribution in [2.24, 2.45) is 0 Å². The van der Waals surface area contributed by atoms with E-state index in [1.807, 2.05) is 6.07 Å². The van der Waals surface area contributed by atoms with Crippen LogP contribution in [0.3, 0.4) is 0 Å². The molecule has 112 valence electrons. The Balaban J connectivity index is 1.64. The second-order valence-electron chi connectivity index (χ2n) is 5.08. The van der Waals surface area contributed by atoms with Gasteiger partial charge in [0.2, 0.25) is 0 Å². The molecule has 1 aliphatic rings.